The fourth-order valence-corrected chi connectivity index (χ4v) is 4.20. The van der Waals surface area contributed by atoms with Crippen LogP contribution in [0, 0.1) is 0 Å². The normalized spacial score (nSPS) is 11.2. The van der Waals surface area contributed by atoms with Crippen molar-refractivity contribution >= 4 is 49.7 Å². The number of para-hydroxylation sites is 1. The Morgan fingerprint density at radius 1 is 1.29 bits per heavy atom. The minimum absolute atomic E-state index is 0.102. The standard InChI is InChI=1S/C14H18N4O3S3/c1-3-8-15-13-17-18-14(23-13)22-9-12(19)16-10-6-4-5-7-11(10)24(2,20)21/h4-7H,3,8-9H2,1-2H3,(H,15,17)(H,16,19). The second kappa shape index (κ2) is 8.45. The smallest absolute Gasteiger partial charge is 0.234 e. The molecule has 0 saturated carbocycles. The van der Waals surface area contributed by atoms with E-state index in [1.165, 1.54) is 29.2 Å². The average molecular weight is 387 g/mol. The average Bonchev–Trinajstić information content (AvgIpc) is 2.98. The Hall–Kier alpha value is -1.65. The van der Waals surface area contributed by atoms with E-state index in [1.54, 1.807) is 18.2 Å². The van der Waals surface area contributed by atoms with Crippen LogP contribution >= 0.6 is 23.1 Å². The monoisotopic (exact) mass is 386 g/mol. The molecule has 2 rings (SSSR count). The van der Waals surface area contributed by atoms with Crippen LogP contribution in [0.2, 0.25) is 0 Å². The van der Waals surface area contributed by atoms with Crippen LogP contribution in [0.4, 0.5) is 10.8 Å². The number of carbonyl (C=O) groups is 1. The van der Waals surface area contributed by atoms with Gasteiger partial charge in [-0.2, -0.15) is 0 Å². The van der Waals surface area contributed by atoms with Crippen LogP contribution < -0.4 is 10.6 Å². The topological polar surface area (TPSA) is 101 Å². The Bertz CT molecular complexity index is 805. The summed E-state index contributed by atoms with van der Waals surface area (Å²) in [4.78, 5) is 12.2. The molecule has 0 atom stereocenters. The summed E-state index contributed by atoms with van der Waals surface area (Å²) in [6.07, 6.45) is 2.10. The van der Waals surface area contributed by atoms with Gasteiger partial charge in [-0.3, -0.25) is 4.79 Å². The molecule has 0 radical (unpaired) electrons. The number of carbonyl (C=O) groups excluding carboxylic acids is 1. The molecule has 2 aromatic rings. The molecule has 0 aliphatic heterocycles. The molecule has 2 N–H and O–H groups in total. The molecule has 0 spiro atoms. The lowest BCUT2D eigenvalue weighted by atomic mass is 10.3. The van der Waals surface area contributed by atoms with Crippen LogP contribution in [0.5, 0.6) is 0 Å². The lowest BCUT2D eigenvalue weighted by molar-refractivity contribution is -0.113. The van der Waals surface area contributed by atoms with Crippen LogP contribution in [0.1, 0.15) is 13.3 Å². The van der Waals surface area contributed by atoms with Crippen LogP contribution in [0.3, 0.4) is 0 Å². The van der Waals surface area contributed by atoms with E-state index in [0.29, 0.717) is 4.34 Å². The molecule has 24 heavy (non-hydrogen) atoms. The summed E-state index contributed by atoms with van der Waals surface area (Å²) in [7, 11) is -3.40. The number of benzene rings is 1. The highest BCUT2D eigenvalue weighted by Crippen LogP contribution is 2.26. The van der Waals surface area contributed by atoms with Gasteiger partial charge in [-0.25, -0.2) is 8.42 Å². The van der Waals surface area contributed by atoms with E-state index in [1.807, 2.05) is 0 Å². The Labute approximate surface area is 149 Å². The van der Waals surface area contributed by atoms with Crippen molar-refractivity contribution in [1.82, 2.24) is 10.2 Å². The van der Waals surface area contributed by atoms with E-state index >= 15 is 0 Å². The van der Waals surface area contributed by atoms with Crippen molar-refractivity contribution in [3.63, 3.8) is 0 Å². The molecular weight excluding hydrogens is 368 g/mol. The van der Waals surface area contributed by atoms with Gasteiger partial charge in [0.15, 0.2) is 14.2 Å². The predicted molar refractivity (Wildman–Crippen MR) is 97.6 cm³/mol. The molecule has 7 nitrogen and oxygen atoms in total. The van der Waals surface area contributed by atoms with Crippen molar-refractivity contribution < 1.29 is 13.2 Å². The second-order valence-electron chi connectivity index (χ2n) is 4.91. The van der Waals surface area contributed by atoms with Crippen LogP contribution in [0.25, 0.3) is 0 Å². The van der Waals surface area contributed by atoms with Crippen LogP contribution in [0.15, 0.2) is 33.5 Å². The minimum atomic E-state index is -3.40. The molecule has 1 heterocycles. The Balaban J connectivity index is 1.94. The number of hydrogen-bond acceptors (Lipinski definition) is 8. The van der Waals surface area contributed by atoms with Crippen molar-refractivity contribution in [2.24, 2.45) is 0 Å². The minimum Gasteiger partial charge on any atom is -0.360 e. The van der Waals surface area contributed by atoms with Crippen LogP contribution in [-0.2, 0) is 14.6 Å². The first-order valence-corrected chi connectivity index (χ1v) is 10.9. The summed E-state index contributed by atoms with van der Waals surface area (Å²) >= 11 is 2.64. The highest BCUT2D eigenvalue weighted by Gasteiger charge is 2.15. The molecule has 1 aromatic heterocycles. The fourth-order valence-electron chi connectivity index (χ4n) is 1.78. The summed E-state index contributed by atoms with van der Waals surface area (Å²) < 4.78 is 24.1. The zero-order valence-electron chi connectivity index (χ0n) is 13.3. The second-order valence-corrected chi connectivity index (χ2v) is 9.09. The van der Waals surface area contributed by atoms with Crippen molar-refractivity contribution in [3.8, 4) is 0 Å². The third-order valence-corrected chi connectivity index (χ3v) is 5.99. The van der Waals surface area contributed by atoms with Gasteiger partial charge in [0.05, 0.1) is 16.3 Å². The third-order valence-electron chi connectivity index (χ3n) is 2.82. The molecule has 0 aliphatic carbocycles. The molecule has 0 fully saturated rings. The number of sulfone groups is 1. The van der Waals surface area contributed by atoms with Crippen molar-refractivity contribution in [3.05, 3.63) is 24.3 Å². The van der Waals surface area contributed by atoms with Gasteiger partial charge in [-0.1, -0.05) is 42.2 Å². The van der Waals surface area contributed by atoms with Crippen molar-refractivity contribution in [2.75, 3.05) is 29.2 Å². The zero-order valence-corrected chi connectivity index (χ0v) is 15.7. The Morgan fingerprint density at radius 2 is 2.04 bits per heavy atom. The molecule has 10 heteroatoms. The first-order valence-electron chi connectivity index (χ1n) is 7.19. The van der Waals surface area contributed by atoms with E-state index < -0.39 is 9.84 Å². The van der Waals surface area contributed by atoms with Gasteiger partial charge in [0.2, 0.25) is 11.0 Å². The number of amides is 1. The van der Waals surface area contributed by atoms with Gasteiger partial charge in [0.1, 0.15) is 0 Å². The summed E-state index contributed by atoms with van der Waals surface area (Å²) in [5, 5.41) is 14.5. The SMILES string of the molecule is CCCNc1nnc(SCC(=O)Nc2ccccc2S(C)(=O)=O)s1. The van der Waals surface area contributed by atoms with Gasteiger partial charge in [-0.15, -0.1) is 10.2 Å². The van der Waals surface area contributed by atoms with E-state index in [9.17, 15) is 13.2 Å². The number of nitrogens with one attached hydrogen (secondary N) is 2. The van der Waals surface area contributed by atoms with E-state index in [0.717, 1.165) is 24.4 Å². The number of nitrogens with zero attached hydrogens (tertiary/aromatic N) is 2. The molecule has 0 bridgehead atoms. The predicted octanol–water partition coefficient (Wildman–Crippen LogP) is 2.49. The van der Waals surface area contributed by atoms with E-state index in [2.05, 4.69) is 27.8 Å². The summed E-state index contributed by atoms with van der Waals surface area (Å²) in [5.74, 6) is -0.171. The number of anilines is 2. The molecule has 1 amide bonds. The summed E-state index contributed by atoms with van der Waals surface area (Å²) in [6.45, 7) is 2.88. The molecule has 0 aliphatic rings. The number of aromatic nitrogens is 2. The largest absolute Gasteiger partial charge is 0.360 e. The Morgan fingerprint density at radius 3 is 2.75 bits per heavy atom. The molecule has 0 unspecified atom stereocenters. The number of rotatable bonds is 8. The summed E-state index contributed by atoms with van der Waals surface area (Å²) in [6, 6.07) is 6.33. The maximum absolute atomic E-state index is 12.1. The van der Waals surface area contributed by atoms with Gasteiger partial charge in [-0.05, 0) is 18.6 Å². The molecule has 130 valence electrons. The van der Waals surface area contributed by atoms with Gasteiger partial charge in [0.25, 0.3) is 0 Å². The lowest BCUT2D eigenvalue weighted by Gasteiger charge is -2.08. The van der Waals surface area contributed by atoms with Crippen molar-refractivity contribution in [1.29, 1.82) is 0 Å². The quantitative estimate of drug-likeness (QED) is 0.672. The van der Waals surface area contributed by atoms with Gasteiger partial charge < -0.3 is 10.6 Å². The van der Waals surface area contributed by atoms with Gasteiger partial charge >= 0.3 is 0 Å². The maximum atomic E-state index is 12.1. The third kappa shape index (κ3) is 5.46. The number of hydrogen-bond donors (Lipinski definition) is 2. The highest BCUT2D eigenvalue weighted by molar-refractivity contribution is 8.01. The molecule has 1 aromatic carbocycles. The van der Waals surface area contributed by atoms with Gasteiger partial charge in [0, 0.05) is 12.8 Å². The van der Waals surface area contributed by atoms with E-state index in [4.69, 9.17) is 0 Å². The Kier molecular flexibility index (Phi) is 6.58. The first-order chi connectivity index (χ1) is 11.4. The van der Waals surface area contributed by atoms with Crippen molar-refractivity contribution in [2.45, 2.75) is 22.6 Å². The maximum Gasteiger partial charge on any atom is 0.234 e. The number of thioether (sulfide) groups is 1. The van der Waals surface area contributed by atoms with E-state index in [-0.39, 0.29) is 22.2 Å². The lowest BCUT2D eigenvalue weighted by Crippen LogP contribution is -2.16. The fraction of sp³-hybridized carbons (Fsp3) is 0.357. The molecular formula is C14H18N4O3S3. The van der Waals surface area contributed by atoms with Crippen LogP contribution in [-0.4, -0.2) is 43.1 Å². The highest BCUT2D eigenvalue weighted by atomic mass is 32.2. The first kappa shape index (κ1) is 18.7. The summed E-state index contributed by atoms with van der Waals surface area (Å²) in [5.41, 5.74) is 0.285. The molecule has 0 saturated heterocycles. The zero-order chi connectivity index (χ0) is 17.6.